The summed E-state index contributed by atoms with van der Waals surface area (Å²) in [6.07, 6.45) is 3.99. The van der Waals surface area contributed by atoms with Gasteiger partial charge in [0, 0.05) is 12.0 Å². The third-order valence-electron chi connectivity index (χ3n) is 3.83. The molecule has 2 rings (SSSR count). The number of aliphatic hydroxyl groups is 2. The average molecular weight is 270 g/mol. The highest BCUT2D eigenvalue weighted by Crippen LogP contribution is 2.34. The first-order chi connectivity index (χ1) is 9.06. The molecule has 1 aliphatic heterocycles. The predicted octanol–water partition coefficient (Wildman–Crippen LogP) is -0.572. The molecule has 0 radical (unpaired) electrons. The summed E-state index contributed by atoms with van der Waals surface area (Å²) in [7, 11) is 0. The Morgan fingerprint density at radius 3 is 3.00 bits per heavy atom. The van der Waals surface area contributed by atoms with Crippen LogP contribution in [0, 0.1) is 5.92 Å². The van der Waals surface area contributed by atoms with Gasteiger partial charge < -0.3 is 20.6 Å². The van der Waals surface area contributed by atoms with Crippen LogP contribution >= 0.6 is 0 Å². The molecular formula is C13H22N2O4. The van der Waals surface area contributed by atoms with E-state index in [1.165, 1.54) is 0 Å². The predicted molar refractivity (Wildman–Crippen MR) is 69.5 cm³/mol. The van der Waals surface area contributed by atoms with E-state index < -0.39 is 18.3 Å². The third-order valence-corrected chi connectivity index (χ3v) is 3.83. The maximum Gasteiger partial charge on any atom is 0.317 e. The lowest BCUT2D eigenvalue weighted by Gasteiger charge is -2.21. The van der Waals surface area contributed by atoms with Crippen LogP contribution in [-0.4, -0.2) is 52.8 Å². The fourth-order valence-corrected chi connectivity index (χ4v) is 2.92. The lowest BCUT2D eigenvalue weighted by Crippen LogP contribution is -2.39. The Kier molecular flexibility index (Phi) is 4.93. The minimum absolute atomic E-state index is 0.197. The van der Waals surface area contributed by atoms with Crippen molar-refractivity contribution >= 4 is 5.97 Å². The van der Waals surface area contributed by atoms with Crippen molar-refractivity contribution in [2.45, 2.75) is 44.1 Å². The summed E-state index contributed by atoms with van der Waals surface area (Å²) in [5, 5.41) is 34.3. The van der Waals surface area contributed by atoms with Gasteiger partial charge in [-0.25, -0.2) is 0 Å². The summed E-state index contributed by atoms with van der Waals surface area (Å²) in [5.74, 6) is -1.20. The van der Waals surface area contributed by atoms with Crippen LogP contribution < -0.4 is 10.6 Å². The first-order valence-electron chi connectivity index (χ1n) is 6.81. The van der Waals surface area contributed by atoms with Crippen molar-refractivity contribution in [3.63, 3.8) is 0 Å². The van der Waals surface area contributed by atoms with E-state index in [0.717, 1.165) is 25.0 Å². The number of hydrogen-bond acceptors (Lipinski definition) is 5. The van der Waals surface area contributed by atoms with Gasteiger partial charge in [-0.15, -0.1) is 0 Å². The van der Waals surface area contributed by atoms with Gasteiger partial charge in [0.1, 0.15) is 6.23 Å². The molecule has 0 aromatic heterocycles. The molecule has 4 atom stereocenters. The molecule has 0 bridgehead atoms. The number of carboxylic acid groups (broad SMARTS) is 1. The molecule has 6 nitrogen and oxygen atoms in total. The van der Waals surface area contributed by atoms with Crippen molar-refractivity contribution < 1.29 is 20.1 Å². The normalized spacial score (nSPS) is 34.8. The molecular weight excluding hydrogens is 248 g/mol. The Morgan fingerprint density at radius 2 is 2.37 bits per heavy atom. The highest BCUT2D eigenvalue weighted by Gasteiger charge is 2.33. The van der Waals surface area contributed by atoms with Crippen LogP contribution in [0.25, 0.3) is 0 Å². The van der Waals surface area contributed by atoms with Crippen LogP contribution in [0.5, 0.6) is 0 Å². The fraction of sp³-hybridized carbons (Fsp3) is 0.769. The zero-order chi connectivity index (χ0) is 13.8. The lowest BCUT2D eigenvalue weighted by atomic mass is 9.98. The largest absolute Gasteiger partial charge is 0.480 e. The van der Waals surface area contributed by atoms with Crippen molar-refractivity contribution in [1.29, 1.82) is 0 Å². The number of rotatable bonds is 5. The zero-order valence-corrected chi connectivity index (χ0v) is 10.9. The average Bonchev–Trinajstić information content (AvgIpc) is 2.96. The quantitative estimate of drug-likeness (QED) is 0.339. The molecule has 0 aromatic rings. The second-order valence-corrected chi connectivity index (χ2v) is 5.36. The fourth-order valence-electron chi connectivity index (χ4n) is 2.92. The van der Waals surface area contributed by atoms with Gasteiger partial charge in [-0.05, 0) is 32.2 Å². The summed E-state index contributed by atoms with van der Waals surface area (Å²) in [4.78, 5) is 10.5. The van der Waals surface area contributed by atoms with Crippen LogP contribution in [0.4, 0.5) is 0 Å². The number of aliphatic hydroxyl groups excluding tert-OH is 2. The van der Waals surface area contributed by atoms with Gasteiger partial charge in [0.15, 0.2) is 0 Å². The van der Waals surface area contributed by atoms with Gasteiger partial charge in [-0.3, -0.25) is 10.1 Å². The minimum atomic E-state index is -0.999. The molecule has 1 unspecified atom stereocenters. The van der Waals surface area contributed by atoms with Crippen LogP contribution in [-0.2, 0) is 4.79 Å². The molecule has 19 heavy (non-hydrogen) atoms. The third kappa shape index (κ3) is 4.01. The van der Waals surface area contributed by atoms with Gasteiger partial charge in [0.05, 0.1) is 12.6 Å². The van der Waals surface area contributed by atoms with Gasteiger partial charge in [-0.2, -0.15) is 0 Å². The molecule has 2 fully saturated rings. The van der Waals surface area contributed by atoms with Crippen molar-refractivity contribution in [3.05, 3.63) is 11.6 Å². The van der Waals surface area contributed by atoms with Crippen molar-refractivity contribution in [2.75, 3.05) is 13.1 Å². The number of aliphatic carboxylic acids is 1. The monoisotopic (exact) mass is 270 g/mol. The Balaban J connectivity index is 1.97. The molecule has 0 aromatic carbocycles. The Hall–Kier alpha value is -0.950. The number of carbonyl (C=O) groups is 1. The molecule has 5 N–H and O–H groups in total. The highest BCUT2D eigenvalue weighted by atomic mass is 16.4. The van der Waals surface area contributed by atoms with Crippen LogP contribution in [0.2, 0.25) is 0 Å². The van der Waals surface area contributed by atoms with E-state index >= 15 is 0 Å². The van der Waals surface area contributed by atoms with Gasteiger partial charge in [0.25, 0.3) is 0 Å². The van der Waals surface area contributed by atoms with Crippen molar-refractivity contribution in [1.82, 2.24) is 10.6 Å². The second-order valence-electron chi connectivity index (χ2n) is 5.36. The molecule has 2 aliphatic rings. The summed E-state index contributed by atoms with van der Waals surface area (Å²) in [5.41, 5.74) is 1.03. The van der Waals surface area contributed by atoms with Gasteiger partial charge in [0.2, 0.25) is 0 Å². The van der Waals surface area contributed by atoms with Crippen LogP contribution in [0.15, 0.2) is 11.6 Å². The molecule has 0 amide bonds. The minimum Gasteiger partial charge on any atom is -0.480 e. The maximum absolute atomic E-state index is 10.5. The first kappa shape index (κ1) is 14.5. The van der Waals surface area contributed by atoms with E-state index in [9.17, 15) is 15.0 Å². The first-order valence-corrected chi connectivity index (χ1v) is 6.81. The summed E-state index contributed by atoms with van der Waals surface area (Å²) < 4.78 is 0. The van der Waals surface area contributed by atoms with E-state index in [0.29, 0.717) is 18.9 Å². The summed E-state index contributed by atoms with van der Waals surface area (Å²) >= 11 is 0. The standard InChI is InChI=1S/C13H22N2O4/c16-10-5-8(4-9-2-1-3-14-9)11(6-10)13(19)15-7-12(17)18/h4,9-11,13-16,19H,1-3,5-7H2,(H,17,18)/b8-4+/t9-,10-,11+,13?/m0/s1. The van der Waals surface area contributed by atoms with Gasteiger partial charge in [-0.1, -0.05) is 11.6 Å². The number of nitrogens with one attached hydrogen (secondary N) is 2. The number of hydrogen-bond donors (Lipinski definition) is 5. The molecule has 1 saturated carbocycles. The van der Waals surface area contributed by atoms with E-state index in [-0.39, 0.29) is 12.5 Å². The Bertz CT molecular complexity index is 353. The highest BCUT2D eigenvalue weighted by molar-refractivity contribution is 5.69. The SMILES string of the molecule is O=C(O)CNC(O)[C@@H]1C[C@@H](O)C/C1=C\[C@@H]1CCCN1. The molecule has 1 saturated heterocycles. The Morgan fingerprint density at radius 1 is 1.58 bits per heavy atom. The van der Waals surface area contributed by atoms with E-state index in [4.69, 9.17) is 5.11 Å². The maximum atomic E-state index is 10.5. The summed E-state index contributed by atoms with van der Waals surface area (Å²) in [6, 6.07) is 0.314. The summed E-state index contributed by atoms with van der Waals surface area (Å²) in [6.45, 7) is 0.726. The molecule has 6 heteroatoms. The lowest BCUT2D eigenvalue weighted by molar-refractivity contribution is -0.136. The molecule has 1 aliphatic carbocycles. The van der Waals surface area contributed by atoms with E-state index in [1.54, 1.807) is 0 Å². The van der Waals surface area contributed by atoms with Crippen LogP contribution in [0.3, 0.4) is 0 Å². The van der Waals surface area contributed by atoms with Crippen LogP contribution in [0.1, 0.15) is 25.7 Å². The zero-order valence-electron chi connectivity index (χ0n) is 10.9. The number of carboxylic acids is 1. The van der Waals surface area contributed by atoms with Crippen molar-refractivity contribution in [2.24, 2.45) is 5.92 Å². The Labute approximate surface area is 112 Å². The second kappa shape index (κ2) is 6.47. The van der Waals surface area contributed by atoms with E-state index in [1.807, 2.05) is 0 Å². The molecule has 108 valence electrons. The molecule has 0 spiro atoms. The molecule has 1 heterocycles. The smallest absolute Gasteiger partial charge is 0.317 e. The van der Waals surface area contributed by atoms with E-state index in [2.05, 4.69) is 16.7 Å². The van der Waals surface area contributed by atoms with Crippen molar-refractivity contribution in [3.8, 4) is 0 Å². The topological polar surface area (TPSA) is 102 Å². The van der Waals surface area contributed by atoms with Gasteiger partial charge >= 0.3 is 5.97 Å².